The minimum Gasteiger partial charge on any atom is -0.496 e. The van der Waals surface area contributed by atoms with Crippen LogP contribution in [0.5, 0.6) is 11.5 Å². The van der Waals surface area contributed by atoms with Crippen molar-refractivity contribution >= 4 is 39.8 Å². The van der Waals surface area contributed by atoms with E-state index in [0.29, 0.717) is 21.8 Å². The first-order valence-electron chi connectivity index (χ1n) is 11.3. The number of piperidine rings is 1. The number of anilines is 1. The third kappa shape index (κ3) is 4.98. The van der Waals surface area contributed by atoms with Crippen molar-refractivity contribution in [2.24, 2.45) is 5.92 Å². The number of benzene rings is 1. The Morgan fingerprint density at radius 3 is 2.48 bits per heavy atom. The first-order chi connectivity index (χ1) is 15.9. The molecule has 3 heterocycles. The predicted octanol–water partition coefficient (Wildman–Crippen LogP) is 5.94. The van der Waals surface area contributed by atoms with Crippen LogP contribution in [0.25, 0.3) is 22.0 Å². The molecule has 1 aromatic carbocycles. The molecule has 1 fully saturated rings. The molecule has 0 unspecified atom stereocenters. The van der Waals surface area contributed by atoms with Crippen LogP contribution in [-0.4, -0.2) is 55.8 Å². The second-order valence-electron chi connectivity index (χ2n) is 8.51. The predicted molar refractivity (Wildman–Crippen MR) is 136 cm³/mol. The van der Waals surface area contributed by atoms with Gasteiger partial charge in [0.2, 0.25) is 0 Å². The third-order valence-electron chi connectivity index (χ3n) is 6.42. The number of aromatic nitrogens is 2. The third-order valence-corrected chi connectivity index (χ3v) is 7.01. The molecule has 1 N–H and O–H groups in total. The molecule has 4 rings (SSSR count). The number of methoxy groups -OCH3 is 2. The monoisotopic (exact) mass is 488 g/mol. The van der Waals surface area contributed by atoms with Gasteiger partial charge in [-0.05, 0) is 57.5 Å². The average molecular weight is 489 g/mol. The number of ether oxygens (including phenoxy) is 2. The lowest BCUT2D eigenvalue weighted by molar-refractivity contribution is 0.226. The smallest absolute Gasteiger partial charge is 0.141 e. The molecular weight excluding hydrogens is 459 g/mol. The molecule has 33 heavy (non-hydrogen) atoms. The second kappa shape index (κ2) is 10.3. The highest BCUT2D eigenvalue weighted by molar-refractivity contribution is 6.35. The van der Waals surface area contributed by atoms with Crippen molar-refractivity contribution in [2.45, 2.75) is 26.2 Å². The summed E-state index contributed by atoms with van der Waals surface area (Å²) in [4.78, 5) is 11.7. The molecule has 1 aliphatic rings. The van der Waals surface area contributed by atoms with Gasteiger partial charge in [-0.3, -0.25) is 0 Å². The van der Waals surface area contributed by atoms with Crippen molar-refractivity contribution in [1.82, 2.24) is 14.9 Å². The highest BCUT2D eigenvalue weighted by Gasteiger charge is 2.22. The number of pyridine rings is 2. The van der Waals surface area contributed by atoms with E-state index in [9.17, 15) is 0 Å². The van der Waals surface area contributed by atoms with E-state index in [1.807, 2.05) is 18.2 Å². The average Bonchev–Trinajstić information content (AvgIpc) is 2.83. The molecule has 1 saturated heterocycles. The fraction of sp³-hybridized carbons (Fsp3) is 0.440. The van der Waals surface area contributed by atoms with E-state index in [1.54, 1.807) is 20.4 Å². The van der Waals surface area contributed by atoms with Gasteiger partial charge in [-0.2, -0.15) is 0 Å². The Bertz CT molecular complexity index is 1150. The summed E-state index contributed by atoms with van der Waals surface area (Å²) in [5.74, 6) is 2.67. The molecule has 3 aromatic rings. The number of fused-ring (bicyclic) bond motifs is 1. The van der Waals surface area contributed by atoms with E-state index in [-0.39, 0.29) is 0 Å². The number of hydrogen-bond donors (Lipinski definition) is 1. The Balaban J connectivity index is 1.82. The number of likely N-dealkylation sites (tertiary alicyclic amines) is 1. The van der Waals surface area contributed by atoms with E-state index in [0.717, 1.165) is 65.2 Å². The van der Waals surface area contributed by atoms with Crippen LogP contribution in [0.4, 0.5) is 5.82 Å². The summed E-state index contributed by atoms with van der Waals surface area (Å²) in [6, 6.07) is 5.68. The van der Waals surface area contributed by atoms with E-state index in [2.05, 4.69) is 29.2 Å². The summed E-state index contributed by atoms with van der Waals surface area (Å²) in [6.07, 6.45) is 4.85. The van der Waals surface area contributed by atoms with Crippen LogP contribution in [0.2, 0.25) is 10.2 Å². The topological polar surface area (TPSA) is 59.5 Å². The summed E-state index contributed by atoms with van der Waals surface area (Å²) in [7, 11) is 5.43. The van der Waals surface area contributed by atoms with Gasteiger partial charge in [0.1, 0.15) is 22.5 Å². The molecule has 6 nitrogen and oxygen atoms in total. The molecule has 0 radical (unpaired) electrons. The SMILES string of the molecule is CCc1c(OC)cc(OC)c(Cl)c1-c1cc2cnc(Cl)cc2c(NCC2CCN(C)CC2)n1. The largest absolute Gasteiger partial charge is 0.496 e. The molecule has 0 saturated carbocycles. The van der Waals surface area contributed by atoms with Crippen molar-refractivity contribution in [3.05, 3.63) is 40.1 Å². The molecule has 0 amide bonds. The molecule has 0 atom stereocenters. The Morgan fingerprint density at radius 1 is 1.09 bits per heavy atom. The van der Waals surface area contributed by atoms with Gasteiger partial charge < -0.3 is 19.7 Å². The maximum atomic E-state index is 6.82. The van der Waals surface area contributed by atoms with Crippen LogP contribution in [0.15, 0.2) is 24.4 Å². The van der Waals surface area contributed by atoms with Crippen molar-refractivity contribution in [3.63, 3.8) is 0 Å². The number of nitrogens with one attached hydrogen (secondary N) is 1. The van der Waals surface area contributed by atoms with E-state index < -0.39 is 0 Å². The summed E-state index contributed by atoms with van der Waals surface area (Å²) >= 11 is 13.1. The van der Waals surface area contributed by atoms with Crippen LogP contribution >= 0.6 is 23.2 Å². The van der Waals surface area contributed by atoms with Crippen LogP contribution < -0.4 is 14.8 Å². The van der Waals surface area contributed by atoms with Gasteiger partial charge in [-0.1, -0.05) is 30.1 Å². The van der Waals surface area contributed by atoms with Crippen LogP contribution in [0, 0.1) is 5.92 Å². The highest BCUT2D eigenvalue weighted by atomic mass is 35.5. The Labute approximate surface area is 205 Å². The van der Waals surface area contributed by atoms with Gasteiger partial charge in [-0.15, -0.1) is 0 Å². The fourth-order valence-corrected chi connectivity index (χ4v) is 4.99. The quantitative estimate of drug-likeness (QED) is 0.415. The summed E-state index contributed by atoms with van der Waals surface area (Å²) < 4.78 is 11.2. The van der Waals surface area contributed by atoms with Gasteiger partial charge in [-0.25, -0.2) is 9.97 Å². The van der Waals surface area contributed by atoms with Crippen molar-refractivity contribution in [2.75, 3.05) is 46.2 Å². The zero-order valence-corrected chi connectivity index (χ0v) is 21.1. The van der Waals surface area contributed by atoms with Crippen LogP contribution in [0.3, 0.4) is 0 Å². The number of hydrogen-bond acceptors (Lipinski definition) is 6. The van der Waals surface area contributed by atoms with Gasteiger partial charge in [0.05, 0.1) is 24.9 Å². The standard InChI is InChI=1S/C25H30Cl2N4O2/c1-5-17-20(32-3)12-21(33-4)24(27)23(17)19-10-16-14-28-22(26)11-18(16)25(30-19)29-13-15-6-8-31(2)9-7-15/h10-12,14-15H,5-9,13H2,1-4H3,(H,29,30). The number of rotatable bonds is 7. The lowest BCUT2D eigenvalue weighted by Gasteiger charge is -2.29. The van der Waals surface area contributed by atoms with Crippen LogP contribution in [-0.2, 0) is 6.42 Å². The molecule has 1 aliphatic heterocycles. The van der Waals surface area contributed by atoms with Gasteiger partial charge in [0.25, 0.3) is 0 Å². The fourth-order valence-electron chi connectivity index (χ4n) is 4.49. The minimum atomic E-state index is 0.440. The highest BCUT2D eigenvalue weighted by Crippen LogP contribution is 2.44. The van der Waals surface area contributed by atoms with Crippen molar-refractivity contribution in [3.8, 4) is 22.8 Å². The zero-order valence-electron chi connectivity index (χ0n) is 19.5. The summed E-state index contributed by atoms with van der Waals surface area (Å²) in [6.45, 7) is 5.17. The second-order valence-corrected chi connectivity index (χ2v) is 9.28. The lowest BCUT2D eigenvalue weighted by Crippen LogP contribution is -2.33. The molecule has 8 heteroatoms. The minimum absolute atomic E-state index is 0.440. The lowest BCUT2D eigenvalue weighted by atomic mass is 9.97. The van der Waals surface area contributed by atoms with E-state index >= 15 is 0 Å². The van der Waals surface area contributed by atoms with Gasteiger partial charge in [0, 0.05) is 40.7 Å². The molecule has 176 valence electrons. The van der Waals surface area contributed by atoms with Crippen molar-refractivity contribution < 1.29 is 9.47 Å². The first kappa shape index (κ1) is 23.9. The molecule has 0 bridgehead atoms. The first-order valence-corrected chi connectivity index (χ1v) is 12.0. The maximum absolute atomic E-state index is 6.82. The summed E-state index contributed by atoms with van der Waals surface area (Å²) in [5.41, 5.74) is 2.55. The normalized spacial score (nSPS) is 15.1. The summed E-state index contributed by atoms with van der Waals surface area (Å²) in [5, 5.41) is 6.44. The molecule has 0 aliphatic carbocycles. The maximum Gasteiger partial charge on any atom is 0.141 e. The molecular formula is C25H30Cl2N4O2. The molecule has 2 aromatic heterocycles. The Kier molecular flexibility index (Phi) is 7.47. The van der Waals surface area contributed by atoms with Gasteiger partial charge >= 0.3 is 0 Å². The van der Waals surface area contributed by atoms with Crippen molar-refractivity contribution in [1.29, 1.82) is 0 Å². The number of nitrogens with zero attached hydrogens (tertiary/aromatic N) is 3. The van der Waals surface area contributed by atoms with E-state index in [1.165, 1.54) is 12.8 Å². The molecule has 0 spiro atoms. The zero-order chi connectivity index (χ0) is 23.5. The Hall–Kier alpha value is -2.28. The number of halogens is 2. The Morgan fingerprint density at radius 2 is 1.82 bits per heavy atom. The van der Waals surface area contributed by atoms with Crippen LogP contribution in [0.1, 0.15) is 25.3 Å². The van der Waals surface area contributed by atoms with E-state index in [4.69, 9.17) is 37.7 Å². The van der Waals surface area contributed by atoms with Gasteiger partial charge in [0.15, 0.2) is 0 Å².